The van der Waals surface area contributed by atoms with Crippen LogP contribution < -0.4 is 5.14 Å². The molecule has 0 aliphatic heterocycles. The summed E-state index contributed by atoms with van der Waals surface area (Å²) in [6.07, 6.45) is 1.57. The van der Waals surface area contributed by atoms with Crippen LogP contribution in [-0.2, 0) is 21.4 Å². The maximum atomic E-state index is 13.3. The maximum Gasteiger partial charge on any atom is 0.209 e. The zero-order valence-corrected chi connectivity index (χ0v) is 11.8. The molecule has 0 aliphatic rings. The van der Waals surface area contributed by atoms with Crippen LogP contribution in [0.2, 0.25) is 0 Å². The Kier molecular flexibility index (Phi) is 6.41. The summed E-state index contributed by atoms with van der Waals surface area (Å²) in [6, 6.07) is 6.35. The third-order valence-electron chi connectivity index (χ3n) is 2.73. The lowest BCUT2D eigenvalue weighted by Crippen LogP contribution is -2.26. The number of ether oxygens (including phenoxy) is 1. The summed E-state index contributed by atoms with van der Waals surface area (Å²) in [4.78, 5) is 0. The molecule has 2 N–H and O–H groups in total. The molecule has 1 atom stereocenters. The predicted molar refractivity (Wildman–Crippen MR) is 72.4 cm³/mol. The molecule has 1 unspecified atom stereocenters. The summed E-state index contributed by atoms with van der Waals surface area (Å²) in [5.74, 6) is -0.564. The van der Waals surface area contributed by atoms with E-state index >= 15 is 0 Å². The van der Waals surface area contributed by atoms with Gasteiger partial charge in [-0.05, 0) is 18.4 Å². The van der Waals surface area contributed by atoms with Gasteiger partial charge < -0.3 is 4.74 Å². The van der Waals surface area contributed by atoms with E-state index < -0.39 is 10.0 Å². The monoisotopic (exact) mass is 289 g/mol. The molecule has 0 radical (unpaired) electrons. The highest BCUT2D eigenvalue weighted by molar-refractivity contribution is 7.89. The van der Waals surface area contributed by atoms with Gasteiger partial charge in [0.15, 0.2) is 0 Å². The summed E-state index contributed by atoms with van der Waals surface area (Å²) in [5.41, 5.74) is 0.466. The van der Waals surface area contributed by atoms with Crippen LogP contribution in [0.4, 0.5) is 4.39 Å². The summed E-state index contributed by atoms with van der Waals surface area (Å²) in [5, 5.41) is 5.03. The first-order valence-electron chi connectivity index (χ1n) is 6.24. The van der Waals surface area contributed by atoms with Gasteiger partial charge >= 0.3 is 0 Å². The smallest absolute Gasteiger partial charge is 0.209 e. The number of sulfonamides is 1. The zero-order valence-electron chi connectivity index (χ0n) is 11.0. The van der Waals surface area contributed by atoms with Crippen molar-refractivity contribution in [2.45, 2.75) is 26.4 Å². The maximum absolute atomic E-state index is 13.3. The van der Waals surface area contributed by atoms with Gasteiger partial charge in [0.25, 0.3) is 0 Å². The Morgan fingerprint density at radius 2 is 2.05 bits per heavy atom. The fourth-order valence-electron chi connectivity index (χ4n) is 1.90. The number of rotatable bonds is 8. The van der Waals surface area contributed by atoms with E-state index in [1.165, 1.54) is 6.07 Å². The average Bonchev–Trinajstić information content (AvgIpc) is 2.30. The van der Waals surface area contributed by atoms with E-state index in [1.54, 1.807) is 18.2 Å². The predicted octanol–water partition coefficient (Wildman–Crippen LogP) is 2.05. The second-order valence-corrected chi connectivity index (χ2v) is 6.25. The van der Waals surface area contributed by atoms with Crippen LogP contribution in [0, 0.1) is 11.7 Å². The first-order valence-corrected chi connectivity index (χ1v) is 7.95. The topological polar surface area (TPSA) is 69.4 Å². The quantitative estimate of drug-likeness (QED) is 0.796. The van der Waals surface area contributed by atoms with Crippen LogP contribution >= 0.6 is 0 Å². The van der Waals surface area contributed by atoms with Crippen molar-refractivity contribution in [3.8, 4) is 0 Å². The van der Waals surface area contributed by atoms with Crippen molar-refractivity contribution in [2.75, 3.05) is 12.4 Å². The number of hydrogen-bond acceptors (Lipinski definition) is 3. The summed E-state index contributed by atoms with van der Waals surface area (Å²) in [6.45, 7) is 2.36. The molecule has 0 bridgehead atoms. The highest BCUT2D eigenvalue weighted by Gasteiger charge is 2.15. The van der Waals surface area contributed by atoms with E-state index in [9.17, 15) is 12.8 Å². The molecular weight excluding hydrogens is 269 g/mol. The van der Waals surface area contributed by atoms with E-state index in [2.05, 4.69) is 0 Å². The lowest BCUT2D eigenvalue weighted by atomic mass is 10.1. The van der Waals surface area contributed by atoms with Gasteiger partial charge in [-0.3, -0.25) is 0 Å². The van der Waals surface area contributed by atoms with Gasteiger partial charge in [0.2, 0.25) is 10.0 Å². The molecule has 0 saturated heterocycles. The van der Waals surface area contributed by atoms with Crippen molar-refractivity contribution in [1.29, 1.82) is 0 Å². The molecule has 0 saturated carbocycles. The molecule has 0 spiro atoms. The molecule has 0 aromatic heterocycles. The van der Waals surface area contributed by atoms with Crippen LogP contribution in [0.15, 0.2) is 24.3 Å². The van der Waals surface area contributed by atoms with Crippen molar-refractivity contribution < 1.29 is 17.5 Å². The normalized spacial score (nSPS) is 13.4. The lowest BCUT2D eigenvalue weighted by molar-refractivity contribution is 0.0882. The van der Waals surface area contributed by atoms with Gasteiger partial charge in [-0.2, -0.15) is 0 Å². The highest BCUT2D eigenvalue weighted by Crippen LogP contribution is 2.12. The SMILES string of the molecule is CCCC(COCc1ccccc1F)CS(N)(=O)=O. The number of hydrogen-bond donors (Lipinski definition) is 1. The Bertz CT molecular complexity index is 490. The number of nitrogens with two attached hydrogens (primary N) is 1. The average molecular weight is 289 g/mol. The van der Waals surface area contributed by atoms with Gasteiger partial charge in [-0.15, -0.1) is 0 Å². The third kappa shape index (κ3) is 6.66. The number of primary sulfonamides is 1. The van der Waals surface area contributed by atoms with Crippen LogP contribution in [0.5, 0.6) is 0 Å². The van der Waals surface area contributed by atoms with Crippen molar-refractivity contribution in [2.24, 2.45) is 11.1 Å². The first kappa shape index (κ1) is 16.1. The zero-order chi connectivity index (χ0) is 14.3. The molecule has 0 aliphatic carbocycles. The Morgan fingerprint density at radius 3 is 2.63 bits per heavy atom. The molecule has 108 valence electrons. The number of benzene rings is 1. The molecule has 0 heterocycles. The highest BCUT2D eigenvalue weighted by atomic mass is 32.2. The van der Waals surface area contributed by atoms with Crippen molar-refractivity contribution >= 4 is 10.0 Å². The molecule has 1 aromatic carbocycles. The van der Waals surface area contributed by atoms with Crippen LogP contribution in [-0.4, -0.2) is 20.8 Å². The molecule has 1 aromatic rings. The van der Waals surface area contributed by atoms with E-state index in [-0.39, 0.29) is 30.7 Å². The standard InChI is InChI=1S/C13H20FNO3S/c1-2-5-11(10-19(15,16)17)8-18-9-12-6-3-4-7-13(12)14/h3-4,6-7,11H,2,5,8-10H2,1H3,(H2,15,16,17). The largest absolute Gasteiger partial charge is 0.376 e. The van der Waals surface area contributed by atoms with Crippen LogP contribution in [0.25, 0.3) is 0 Å². The van der Waals surface area contributed by atoms with Crippen LogP contribution in [0.3, 0.4) is 0 Å². The van der Waals surface area contributed by atoms with E-state index in [0.29, 0.717) is 12.0 Å². The second kappa shape index (κ2) is 7.57. The summed E-state index contributed by atoms with van der Waals surface area (Å²) < 4.78 is 40.9. The minimum Gasteiger partial charge on any atom is -0.376 e. The minimum absolute atomic E-state index is 0.0991. The van der Waals surface area contributed by atoms with Gasteiger partial charge in [0.1, 0.15) is 5.82 Å². The lowest BCUT2D eigenvalue weighted by Gasteiger charge is -2.15. The molecule has 0 amide bonds. The Hall–Kier alpha value is -0.980. The molecule has 6 heteroatoms. The van der Waals surface area contributed by atoms with E-state index in [4.69, 9.17) is 9.88 Å². The van der Waals surface area contributed by atoms with Crippen molar-refractivity contribution in [3.05, 3.63) is 35.6 Å². The second-order valence-electron chi connectivity index (χ2n) is 4.59. The fourth-order valence-corrected chi connectivity index (χ4v) is 2.82. The third-order valence-corrected chi connectivity index (χ3v) is 3.67. The van der Waals surface area contributed by atoms with Crippen molar-refractivity contribution in [3.63, 3.8) is 0 Å². The summed E-state index contributed by atoms with van der Waals surface area (Å²) in [7, 11) is -3.50. The van der Waals surface area contributed by atoms with Gasteiger partial charge in [0, 0.05) is 5.56 Å². The van der Waals surface area contributed by atoms with Crippen LogP contribution in [0.1, 0.15) is 25.3 Å². The molecule has 0 fully saturated rings. The van der Waals surface area contributed by atoms with Gasteiger partial charge in [-0.25, -0.2) is 17.9 Å². The Morgan fingerprint density at radius 1 is 1.37 bits per heavy atom. The Balaban J connectivity index is 2.46. The molecule has 4 nitrogen and oxygen atoms in total. The van der Waals surface area contributed by atoms with Crippen molar-refractivity contribution in [1.82, 2.24) is 0 Å². The van der Waals surface area contributed by atoms with E-state index in [1.807, 2.05) is 6.92 Å². The van der Waals surface area contributed by atoms with E-state index in [0.717, 1.165) is 6.42 Å². The molecule has 1 rings (SSSR count). The molecular formula is C13H20FNO3S. The molecule has 19 heavy (non-hydrogen) atoms. The van der Waals surface area contributed by atoms with Gasteiger partial charge in [0.05, 0.1) is 19.0 Å². The fraction of sp³-hybridized carbons (Fsp3) is 0.538. The van der Waals surface area contributed by atoms with Gasteiger partial charge in [-0.1, -0.05) is 31.5 Å². The first-order chi connectivity index (χ1) is 8.92. The number of halogens is 1. The minimum atomic E-state index is -3.50. The summed E-state index contributed by atoms with van der Waals surface area (Å²) >= 11 is 0. The Labute approximate surface area is 113 Å².